The lowest BCUT2D eigenvalue weighted by Crippen LogP contribution is -2.32. The van der Waals surface area contributed by atoms with E-state index in [0.29, 0.717) is 25.3 Å². The number of rotatable bonds is 4. The molecule has 1 aromatic heterocycles. The summed E-state index contributed by atoms with van der Waals surface area (Å²) in [7, 11) is 3.93. The van der Waals surface area contributed by atoms with E-state index in [1.54, 1.807) is 0 Å². The number of cyclic esters (lactones) is 1. The molecule has 1 fully saturated rings. The van der Waals surface area contributed by atoms with Crippen molar-refractivity contribution in [1.82, 2.24) is 15.2 Å². The number of hydrogen-bond acceptors (Lipinski definition) is 5. The van der Waals surface area contributed by atoms with Gasteiger partial charge in [0.1, 0.15) is 5.69 Å². The average Bonchev–Trinajstić information content (AvgIpc) is 3.13. The molecular formula is C19H21N3O3. The number of fused-ring (bicyclic) bond motifs is 5. The van der Waals surface area contributed by atoms with Crippen LogP contribution in [0.3, 0.4) is 0 Å². The first kappa shape index (κ1) is 16.0. The van der Waals surface area contributed by atoms with Gasteiger partial charge in [0.2, 0.25) is 0 Å². The number of nitrogens with zero attached hydrogens (tertiary/aromatic N) is 2. The highest BCUT2D eigenvalue weighted by molar-refractivity contribution is 6.06. The zero-order valence-corrected chi connectivity index (χ0v) is 14.4. The topological polar surface area (TPSA) is 71.5 Å². The van der Waals surface area contributed by atoms with Crippen molar-refractivity contribution >= 4 is 22.6 Å². The van der Waals surface area contributed by atoms with Crippen LogP contribution in [0.15, 0.2) is 24.3 Å². The first-order chi connectivity index (χ1) is 12.1. The molecule has 2 aliphatic rings. The molecule has 6 nitrogen and oxygen atoms in total. The maximum atomic E-state index is 12.7. The van der Waals surface area contributed by atoms with Crippen molar-refractivity contribution in [3.8, 4) is 0 Å². The van der Waals surface area contributed by atoms with E-state index in [1.807, 2.05) is 43.3 Å². The quantitative estimate of drug-likeness (QED) is 0.851. The zero-order chi connectivity index (χ0) is 17.6. The molecule has 6 heteroatoms. The van der Waals surface area contributed by atoms with Crippen LogP contribution in [0.1, 0.15) is 27.7 Å². The summed E-state index contributed by atoms with van der Waals surface area (Å²) in [4.78, 5) is 31.3. The molecule has 1 amide bonds. The summed E-state index contributed by atoms with van der Waals surface area (Å²) in [6.45, 7) is 1.75. The molecule has 0 radical (unpaired) electrons. The zero-order valence-electron chi connectivity index (χ0n) is 14.4. The third-order valence-corrected chi connectivity index (χ3v) is 5.07. The van der Waals surface area contributed by atoms with E-state index in [4.69, 9.17) is 4.74 Å². The molecule has 2 heterocycles. The van der Waals surface area contributed by atoms with Crippen LogP contribution in [-0.4, -0.2) is 55.6 Å². The van der Waals surface area contributed by atoms with Crippen LogP contribution in [0.4, 0.5) is 0 Å². The van der Waals surface area contributed by atoms with Crippen LogP contribution in [-0.2, 0) is 16.0 Å². The van der Waals surface area contributed by atoms with Crippen LogP contribution in [0, 0.1) is 5.92 Å². The second-order valence-electron chi connectivity index (χ2n) is 6.97. The second-order valence-corrected chi connectivity index (χ2v) is 6.97. The Bertz CT molecular complexity index is 862. The molecule has 1 N–H and O–H groups in total. The normalized spacial score (nSPS) is 21.3. The lowest BCUT2D eigenvalue weighted by atomic mass is 9.92. The third-order valence-electron chi connectivity index (χ3n) is 5.07. The van der Waals surface area contributed by atoms with Gasteiger partial charge in [-0.25, -0.2) is 4.98 Å². The monoisotopic (exact) mass is 339 g/mol. The van der Waals surface area contributed by atoms with Gasteiger partial charge in [0.25, 0.3) is 5.91 Å². The van der Waals surface area contributed by atoms with Crippen molar-refractivity contribution in [3.05, 3.63) is 41.2 Å². The molecule has 0 unspecified atom stereocenters. The summed E-state index contributed by atoms with van der Waals surface area (Å²) in [5, 5.41) is 4.78. The minimum absolute atomic E-state index is 0.0609. The predicted molar refractivity (Wildman–Crippen MR) is 93.5 cm³/mol. The number of aromatic nitrogens is 1. The summed E-state index contributed by atoms with van der Waals surface area (Å²) in [6, 6.07) is 7.81. The molecular weight excluding hydrogens is 318 g/mol. The Labute approximate surface area is 146 Å². The van der Waals surface area contributed by atoms with Crippen LogP contribution in [0.5, 0.6) is 0 Å². The molecule has 2 atom stereocenters. The first-order valence-corrected chi connectivity index (χ1v) is 8.57. The van der Waals surface area contributed by atoms with Crippen LogP contribution in [0.25, 0.3) is 10.8 Å². The van der Waals surface area contributed by atoms with Gasteiger partial charge in [-0.3, -0.25) is 9.59 Å². The van der Waals surface area contributed by atoms with Gasteiger partial charge in [-0.1, -0.05) is 24.3 Å². The Kier molecular flexibility index (Phi) is 3.92. The van der Waals surface area contributed by atoms with Crippen molar-refractivity contribution in [3.63, 3.8) is 0 Å². The van der Waals surface area contributed by atoms with Gasteiger partial charge in [0, 0.05) is 36.5 Å². The third kappa shape index (κ3) is 2.66. The fourth-order valence-corrected chi connectivity index (χ4v) is 3.83. The highest BCUT2D eigenvalue weighted by Gasteiger charge is 2.45. The molecule has 4 rings (SSSR count). The number of carbonyl (C=O) groups is 2. The fraction of sp³-hybridized carbons (Fsp3) is 0.421. The lowest BCUT2D eigenvalue weighted by molar-refractivity contribution is -0.141. The predicted octanol–water partition coefficient (Wildman–Crippen LogP) is 1.34. The number of benzene rings is 1. The van der Waals surface area contributed by atoms with Gasteiger partial charge in [0.05, 0.1) is 12.5 Å². The second kappa shape index (κ2) is 6.11. The number of hydrogen-bond donors (Lipinski definition) is 1. The highest BCUT2D eigenvalue weighted by Crippen LogP contribution is 2.45. The van der Waals surface area contributed by atoms with Crippen molar-refractivity contribution in [1.29, 1.82) is 0 Å². The highest BCUT2D eigenvalue weighted by atomic mass is 16.5. The molecule has 0 spiro atoms. The van der Waals surface area contributed by atoms with Crippen LogP contribution < -0.4 is 5.32 Å². The van der Waals surface area contributed by atoms with Gasteiger partial charge < -0.3 is 15.0 Å². The molecule has 1 saturated heterocycles. The Morgan fingerprint density at radius 2 is 2.04 bits per heavy atom. The van der Waals surface area contributed by atoms with Crippen molar-refractivity contribution in [2.45, 2.75) is 12.3 Å². The molecule has 1 aliphatic heterocycles. The minimum atomic E-state index is -0.166. The standard InChI is InChI=1S/C19H21N3O3/c1-22(2)8-7-20-18(23)17-12-6-4-3-5-11(12)16-14-10-25-19(24)13(14)9-15(16)21-17/h3-6,13-14H,7-10H2,1-2H3,(H,20,23)/t13-,14-/m0/s1. The summed E-state index contributed by atoms with van der Waals surface area (Å²) >= 11 is 0. The Hall–Kier alpha value is -2.47. The van der Waals surface area contributed by atoms with Crippen LogP contribution in [0.2, 0.25) is 0 Å². The van der Waals surface area contributed by atoms with Crippen molar-refractivity contribution < 1.29 is 14.3 Å². The Morgan fingerprint density at radius 3 is 2.80 bits per heavy atom. The molecule has 25 heavy (non-hydrogen) atoms. The number of ether oxygens (including phenoxy) is 1. The maximum absolute atomic E-state index is 12.7. The molecule has 0 saturated carbocycles. The smallest absolute Gasteiger partial charge is 0.310 e. The summed E-state index contributed by atoms with van der Waals surface area (Å²) in [5.41, 5.74) is 2.39. The summed E-state index contributed by atoms with van der Waals surface area (Å²) < 4.78 is 5.23. The van der Waals surface area contributed by atoms with Gasteiger partial charge >= 0.3 is 5.97 Å². The first-order valence-electron chi connectivity index (χ1n) is 8.57. The molecule has 2 aromatic rings. The summed E-state index contributed by atoms with van der Waals surface area (Å²) in [6.07, 6.45) is 0.557. The van der Waals surface area contributed by atoms with E-state index in [9.17, 15) is 9.59 Å². The van der Waals surface area contributed by atoms with Crippen molar-refractivity contribution in [2.24, 2.45) is 5.92 Å². The van der Waals surface area contributed by atoms with Gasteiger partial charge in [-0.2, -0.15) is 0 Å². The minimum Gasteiger partial charge on any atom is -0.465 e. The van der Waals surface area contributed by atoms with E-state index >= 15 is 0 Å². The van der Waals surface area contributed by atoms with Gasteiger partial charge in [-0.05, 0) is 25.0 Å². The molecule has 1 aromatic carbocycles. The van der Waals surface area contributed by atoms with E-state index in [1.165, 1.54) is 0 Å². The number of esters is 1. The maximum Gasteiger partial charge on any atom is 0.310 e. The fourth-order valence-electron chi connectivity index (χ4n) is 3.83. The van der Waals surface area contributed by atoms with Gasteiger partial charge in [0.15, 0.2) is 0 Å². The number of carbonyl (C=O) groups excluding carboxylic acids is 2. The number of pyridine rings is 1. The average molecular weight is 339 g/mol. The Morgan fingerprint density at radius 1 is 1.28 bits per heavy atom. The molecule has 0 bridgehead atoms. The number of amides is 1. The van der Waals surface area contributed by atoms with E-state index < -0.39 is 0 Å². The van der Waals surface area contributed by atoms with E-state index in [-0.39, 0.29) is 23.7 Å². The molecule has 1 aliphatic carbocycles. The number of likely N-dealkylation sites (N-methyl/N-ethyl adjacent to an activating group) is 1. The Balaban J connectivity index is 1.74. The summed E-state index contributed by atoms with van der Waals surface area (Å²) in [5.74, 6) is -0.409. The number of nitrogens with one attached hydrogen (secondary N) is 1. The lowest BCUT2D eigenvalue weighted by Gasteiger charge is -2.14. The SMILES string of the molecule is CN(C)CCNC(=O)c1nc2c(c3ccccc13)[C@H]1COC(=O)[C@H]1C2. The van der Waals surface area contributed by atoms with E-state index in [0.717, 1.165) is 28.6 Å². The molecule has 130 valence electrons. The van der Waals surface area contributed by atoms with E-state index in [2.05, 4.69) is 10.3 Å². The van der Waals surface area contributed by atoms with Crippen molar-refractivity contribution in [2.75, 3.05) is 33.8 Å². The largest absolute Gasteiger partial charge is 0.465 e. The van der Waals surface area contributed by atoms with Crippen LogP contribution >= 0.6 is 0 Å². The van der Waals surface area contributed by atoms with Gasteiger partial charge in [-0.15, -0.1) is 0 Å².